The number of allylic oxidation sites excluding steroid dienone is 2. The second kappa shape index (κ2) is 9.26. The summed E-state index contributed by atoms with van der Waals surface area (Å²) in [7, 11) is 4.72. The number of hydrogen-bond acceptors (Lipinski definition) is 6. The van der Waals surface area contributed by atoms with Gasteiger partial charge in [-0.1, -0.05) is 6.08 Å². The number of benzene rings is 1. The first-order chi connectivity index (χ1) is 15.1. The maximum absolute atomic E-state index is 13.0. The number of aliphatic imine (C=N–C) groups is 1. The summed E-state index contributed by atoms with van der Waals surface area (Å²) in [5.41, 5.74) is 3.56. The van der Waals surface area contributed by atoms with Crippen LogP contribution in [0.15, 0.2) is 35.5 Å². The maximum Gasteiger partial charge on any atom is 0.255 e. The Hall–Kier alpha value is -3.26. The van der Waals surface area contributed by atoms with Crippen LogP contribution in [0.5, 0.6) is 17.2 Å². The minimum atomic E-state index is -0.150. The van der Waals surface area contributed by atoms with Gasteiger partial charge in [0.1, 0.15) is 0 Å². The summed E-state index contributed by atoms with van der Waals surface area (Å²) in [6.07, 6.45) is 8.18. The highest BCUT2D eigenvalue weighted by Crippen LogP contribution is 2.39. The Morgan fingerprint density at radius 1 is 1.19 bits per heavy atom. The SMILES string of the molecule is COc1cc(C2=Nc3c(C(=O)NC4CCCOC4)c[nH]c3CC=C2)cc(OC)c1OC. The summed E-state index contributed by atoms with van der Waals surface area (Å²) in [5.74, 6) is 1.45. The van der Waals surface area contributed by atoms with E-state index in [0.717, 1.165) is 30.7 Å². The highest BCUT2D eigenvalue weighted by molar-refractivity contribution is 6.12. The predicted octanol–water partition coefficient (Wildman–Crippen LogP) is 3.18. The van der Waals surface area contributed by atoms with Gasteiger partial charge < -0.3 is 29.2 Å². The van der Waals surface area contributed by atoms with Gasteiger partial charge in [-0.2, -0.15) is 0 Å². The van der Waals surface area contributed by atoms with Gasteiger partial charge >= 0.3 is 0 Å². The van der Waals surface area contributed by atoms with Gasteiger partial charge in [-0.15, -0.1) is 0 Å². The van der Waals surface area contributed by atoms with E-state index in [1.165, 1.54) is 0 Å². The first-order valence-electron chi connectivity index (χ1n) is 10.3. The smallest absolute Gasteiger partial charge is 0.255 e. The number of carbonyl (C=O) groups is 1. The average molecular weight is 425 g/mol. The summed E-state index contributed by atoms with van der Waals surface area (Å²) in [4.78, 5) is 21.0. The lowest BCUT2D eigenvalue weighted by atomic mass is 10.1. The average Bonchev–Trinajstić information content (AvgIpc) is 3.08. The van der Waals surface area contributed by atoms with Crippen LogP contribution in [0, 0.1) is 0 Å². The van der Waals surface area contributed by atoms with Crippen LogP contribution >= 0.6 is 0 Å². The molecule has 0 radical (unpaired) electrons. The standard InChI is InChI=1S/C23H27N3O5/c1-28-19-10-14(11-20(29-2)22(19)30-3)17-7-4-8-18-21(26-17)16(12-24-18)23(27)25-15-6-5-9-31-13-15/h4,7,10-12,15,24H,5-6,8-9,13H2,1-3H3,(H,25,27). The number of hydrogen-bond donors (Lipinski definition) is 2. The van der Waals surface area contributed by atoms with E-state index in [1.807, 2.05) is 24.3 Å². The number of amides is 1. The molecule has 2 N–H and O–H groups in total. The first kappa shape index (κ1) is 21.0. The number of fused-ring (bicyclic) bond motifs is 1. The molecule has 0 saturated carbocycles. The molecule has 8 nitrogen and oxygen atoms in total. The molecule has 2 aliphatic rings. The number of nitrogens with one attached hydrogen (secondary N) is 2. The predicted molar refractivity (Wildman–Crippen MR) is 117 cm³/mol. The lowest BCUT2D eigenvalue weighted by Gasteiger charge is -2.23. The van der Waals surface area contributed by atoms with Crippen molar-refractivity contribution < 1.29 is 23.7 Å². The Labute approximate surface area is 181 Å². The summed E-state index contributed by atoms with van der Waals surface area (Å²) in [6.45, 7) is 1.29. The zero-order valence-electron chi connectivity index (χ0n) is 18.0. The van der Waals surface area contributed by atoms with Gasteiger partial charge in [0.2, 0.25) is 5.75 Å². The third kappa shape index (κ3) is 4.29. The Balaban J connectivity index is 1.69. The minimum Gasteiger partial charge on any atom is -0.493 e. The largest absolute Gasteiger partial charge is 0.493 e. The molecule has 1 atom stereocenters. The zero-order chi connectivity index (χ0) is 21.8. The Kier molecular flexibility index (Phi) is 6.27. The summed E-state index contributed by atoms with van der Waals surface area (Å²) in [5, 5.41) is 3.07. The van der Waals surface area contributed by atoms with E-state index in [0.29, 0.717) is 47.2 Å². The van der Waals surface area contributed by atoms with Crippen molar-refractivity contribution in [1.29, 1.82) is 0 Å². The number of H-pyrrole nitrogens is 1. The van der Waals surface area contributed by atoms with Gasteiger partial charge in [-0.05, 0) is 31.1 Å². The molecule has 1 unspecified atom stereocenters. The quantitative estimate of drug-likeness (QED) is 0.741. The fraction of sp³-hybridized carbons (Fsp3) is 0.391. The lowest BCUT2D eigenvalue weighted by Crippen LogP contribution is -2.40. The number of aromatic amines is 1. The van der Waals surface area contributed by atoms with Crippen LogP contribution in [-0.2, 0) is 11.2 Å². The second-order valence-corrected chi connectivity index (χ2v) is 7.43. The van der Waals surface area contributed by atoms with E-state index >= 15 is 0 Å². The van der Waals surface area contributed by atoms with E-state index in [1.54, 1.807) is 27.5 Å². The van der Waals surface area contributed by atoms with Crippen molar-refractivity contribution in [2.45, 2.75) is 25.3 Å². The normalized spacial score (nSPS) is 17.9. The number of ether oxygens (including phenoxy) is 4. The molecule has 2 aliphatic heterocycles. The molecule has 0 aliphatic carbocycles. The molecule has 1 amide bonds. The molecule has 3 heterocycles. The van der Waals surface area contributed by atoms with Gasteiger partial charge in [0.15, 0.2) is 11.5 Å². The molecule has 0 bridgehead atoms. The number of methoxy groups -OCH3 is 3. The molecule has 1 aromatic heterocycles. The van der Waals surface area contributed by atoms with E-state index < -0.39 is 0 Å². The molecule has 1 saturated heterocycles. The molecule has 1 aromatic carbocycles. The van der Waals surface area contributed by atoms with Crippen molar-refractivity contribution in [3.8, 4) is 17.2 Å². The van der Waals surface area contributed by atoms with Crippen molar-refractivity contribution >= 4 is 17.3 Å². The van der Waals surface area contributed by atoms with Crippen LogP contribution in [0.4, 0.5) is 5.69 Å². The maximum atomic E-state index is 13.0. The van der Waals surface area contributed by atoms with Crippen molar-refractivity contribution in [3.05, 3.63) is 47.3 Å². The van der Waals surface area contributed by atoms with E-state index in [-0.39, 0.29) is 11.9 Å². The highest BCUT2D eigenvalue weighted by atomic mass is 16.5. The Morgan fingerprint density at radius 2 is 1.97 bits per heavy atom. The van der Waals surface area contributed by atoms with Gasteiger partial charge in [-0.25, -0.2) is 4.99 Å². The van der Waals surface area contributed by atoms with Crippen molar-refractivity contribution in [1.82, 2.24) is 10.3 Å². The van der Waals surface area contributed by atoms with E-state index in [2.05, 4.69) is 10.3 Å². The van der Waals surface area contributed by atoms with Crippen LogP contribution < -0.4 is 19.5 Å². The van der Waals surface area contributed by atoms with Crippen LogP contribution in [0.25, 0.3) is 0 Å². The van der Waals surface area contributed by atoms with Gasteiger partial charge in [0, 0.05) is 30.5 Å². The van der Waals surface area contributed by atoms with Gasteiger partial charge in [-0.3, -0.25) is 4.79 Å². The zero-order valence-corrected chi connectivity index (χ0v) is 18.0. The fourth-order valence-corrected chi connectivity index (χ4v) is 3.87. The molecule has 1 fully saturated rings. The van der Waals surface area contributed by atoms with Gasteiger partial charge in [0.25, 0.3) is 5.91 Å². The molecular weight excluding hydrogens is 398 g/mol. The summed E-state index contributed by atoms with van der Waals surface area (Å²) < 4.78 is 21.8. The van der Waals surface area contributed by atoms with Crippen molar-refractivity contribution in [3.63, 3.8) is 0 Å². The molecule has 2 aromatic rings. The minimum absolute atomic E-state index is 0.0225. The Bertz CT molecular complexity index is 993. The van der Waals surface area contributed by atoms with Crippen LogP contribution in [0.1, 0.15) is 34.5 Å². The third-order valence-electron chi connectivity index (χ3n) is 5.46. The molecule has 4 rings (SSSR count). The van der Waals surface area contributed by atoms with E-state index in [9.17, 15) is 4.79 Å². The highest BCUT2D eigenvalue weighted by Gasteiger charge is 2.23. The topological polar surface area (TPSA) is 94.2 Å². The fourth-order valence-electron chi connectivity index (χ4n) is 3.87. The first-order valence-corrected chi connectivity index (χ1v) is 10.3. The van der Waals surface area contributed by atoms with Gasteiger partial charge in [0.05, 0.1) is 50.9 Å². The third-order valence-corrected chi connectivity index (χ3v) is 5.46. The van der Waals surface area contributed by atoms with E-state index in [4.69, 9.17) is 23.9 Å². The van der Waals surface area contributed by atoms with Crippen molar-refractivity contribution in [2.24, 2.45) is 4.99 Å². The van der Waals surface area contributed by atoms with Crippen LogP contribution in [0.3, 0.4) is 0 Å². The molecule has 8 heteroatoms. The molecule has 0 spiro atoms. The second-order valence-electron chi connectivity index (χ2n) is 7.43. The Morgan fingerprint density at radius 3 is 2.61 bits per heavy atom. The summed E-state index contributed by atoms with van der Waals surface area (Å²) in [6, 6.07) is 3.72. The van der Waals surface area contributed by atoms with Crippen LogP contribution in [0.2, 0.25) is 0 Å². The molecule has 31 heavy (non-hydrogen) atoms. The number of carbonyl (C=O) groups excluding carboxylic acids is 1. The lowest BCUT2D eigenvalue weighted by molar-refractivity contribution is 0.0624. The summed E-state index contributed by atoms with van der Waals surface area (Å²) >= 11 is 0. The number of nitrogens with zero attached hydrogens (tertiary/aromatic N) is 1. The number of rotatable bonds is 6. The monoisotopic (exact) mass is 425 g/mol. The molecule has 164 valence electrons. The van der Waals surface area contributed by atoms with Crippen molar-refractivity contribution in [2.75, 3.05) is 34.5 Å². The number of aromatic nitrogens is 1. The van der Waals surface area contributed by atoms with Crippen LogP contribution in [-0.4, -0.2) is 57.2 Å². The molecular formula is C23H27N3O5.